The number of rotatable bonds is 4. The molecule has 0 spiro atoms. The summed E-state index contributed by atoms with van der Waals surface area (Å²) in [5, 5.41) is 0. The average Bonchev–Trinajstić information content (AvgIpc) is 2.54. The smallest absolute Gasteiger partial charge is 0.410 e. The van der Waals surface area contributed by atoms with Crippen molar-refractivity contribution in [3.63, 3.8) is 0 Å². The molecule has 0 bridgehead atoms. The molecular weight excluding hydrogens is 400 g/mol. The Bertz CT molecular complexity index is 603. The Morgan fingerprint density at radius 3 is 2.42 bits per heavy atom. The van der Waals surface area contributed by atoms with Gasteiger partial charge < -0.3 is 19.1 Å². The summed E-state index contributed by atoms with van der Waals surface area (Å²) in [6, 6.07) is 3.79. The van der Waals surface area contributed by atoms with E-state index in [4.69, 9.17) is 14.2 Å². The molecule has 1 saturated heterocycles. The first kappa shape index (κ1) is 19.4. The Kier molecular flexibility index (Phi) is 6.07. The van der Waals surface area contributed by atoms with E-state index in [2.05, 4.69) is 20.9 Å². The Labute approximate surface area is 163 Å². The van der Waals surface area contributed by atoms with Crippen LogP contribution in [-0.2, 0) is 9.47 Å². The van der Waals surface area contributed by atoms with Gasteiger partial charge in [-0.05, 0) is 55.6 Å². The van der Waals surface area contributed by atoms with Crippen molar-refractivity contribution in [1.29, 1.82) is 0 Å². The number of amides is 1. The van der Waals surface area contributed by atoms with Gasteiger partial charge in [-0.2, -0.15) is 0 Å². The fourth-order valence-corrected chi connectivity index (χ4v) is 3.34. The number of hydrogen-bond donors (Lipinski definition) is 0. The van der Waals surface area contributed by atoms with Gasteiger partial charge in [-0.1, -0.05) is 0 Å². The van der Waals surface area contributed by atoms with Crippen molar-refractivity contribution in [3.8, 4) is 5.88 Å². The molecule has 1 saturated carbocycles. The topological polar surface area (TPSA) is 60.9 Å². The van der Waals surface area contributed by atoms with E-state index in [-0.39, 0.29) is 24.4 Å². The zero-order valence-corrected chi connectivity index (χ0v) is 17.2. The van der Waals surface area contributed by atoms with Crippen LogP contribution in [0.4, 0.5) is 4.79 Å². The largest absolute Gasteiger partial charge is 0.474 e. The van der Waals surface area contributed by atoms with Gasteiger partial charge in [0.2, 0.25) is 5.88 Å². The van der Waals surface area contributed by atoms with Crippen LogP contribution >= 0.6 is 15.9 Å². The van der Waals surface area contributed by atoms with Gasteiger partial charge in [-0.3, -0.25) is 0 Å². The first-order valence-corrected chi connectivity index (χ1v) is 9.99. The van der Waals surface area contributed by atoms with E-state index in [0.29, 0.717) is 19.0 Å². The van der Waals surface area contributed by atoms with Gasteiger partial charge in [0.1, 0.15) is 11.7 Å². The van der Waals surface area contributed by atoms with Crippen LogP contribution in [0.1, 0.15) is 46.5 Å². The SMILES string of the molecule is CC(C)(C)OC(=O)N1CCC(OC2CC(Oc3ccc(Br)cn3)C2)CC1. The van der Waals surface area contributed by atoms with Crippen molar-refractivity contribution in [1.82, 2.24) is 9.88 Å². The predicted molar refractivity (Wildman–Crippen MR) is 101 cm³/mol. The summed E-state index contributed by atoms with van der Waals surface area (Å²) in [5.74, 6) is 0.655. The van der Waals surface area contributed by atoms with Crippen LogP contribution in [0.15, 0.2) is 22.8 Å². The summed E-state index contributed by atoms with van der Waals surface area (Å²) in [5.41, 5.74) is -0.449. The quantitative estimate of drug-likeness (QED) is 0.722. The minimum Gasteiger partial charge on any atom is -0.474 e. The molecule has 7 heteroatoms. The van der Waals surface area contributed by atoms with E-state index in [9.17, 15) is 4.79 Å². The number of carbonyl (C=O) groups is 1. The fraction of sp³-hybridized carbons (Fsp3) is 0.684. The number of hydrogen-bond acceptors (Lipinski definition) is 5. The molecule has 0 aromatic carbocycles. The number of halogens is 1. The van der Waals surface area contributed by atoms with E-state index in [1.807, 2.05) is 32.9 Å². The lowest BCUT2D eigenvalue weighted by Crippen LogP contribution is -2.46. The zero-order valence-electron chi connectivity index (χ0n) is 15.6. The van der Waals surface area contributed by atoms with Crippen molar-refractivity contribution in [2.75, 3.05) is 13.1 Å². The lowest BCUT2D eigenvalue weighted by molar-refractivity contribution is -0.110. The molecular formula is C19H27BrN2O4. The molecule has 1 aromatic rings. The molecule has 1 aliphatic carbocycles. The standard InChI is InChI=1S/C19H27BrN2O4/c1-19(2,3)26-18(23)22-8-6-14(7-9-22)24-15-10-16(11-15)25-17-5-4-13(20)12-21-17/h4-5,12,14-16H,6-11H2,1-3H3. The van der Waals surface area contributed by atoms with Crippen LogP contribution in [-0.4, -0.2) is 53.0 Å². The van der Waals surface area contributed by atoms with Gasteiger partial charge >= 0.3 is 6.09 Å². The van der Waals surface area contributed by atoms with Gasteiger partial charge in [0, 0.05) is 42.7 Å². The van der Waals surface area contributed by atoms with Crippen LogP contribution < -0.4 is 4.74 Å². The molecule has 2 fully saturated rings. The highest BCUT2D eigenvalue weighted by Crippen LogP contribution is 2.30. The van der Waals surface area contributed by atoms with Crippen LogP contribution in [0.2, 0.25) is 0 Å². The van der Waals surface area contributed by atoms with Crippen molar-refractivity contribution in [2.24, 2.45) is 0 Å². The van der Waals surface area contributed by atoms with E-state index >= 15 is 0 Å². The highest BCUT2D eigenvalue weighted by Gasteiger charge is 2.35. The average molecular weight is 427 g/mol. The van der Waals surface area contributed by atoms with Gasteiger partial charge in [0.15, 0.2) is 0 Å². The van der Waals surface area contributed by atoms with Crippen molar-refractivity contribution in [3.05, 3.63) is 22.8 Å². The lowest BCUT2D eigenvalue weighted by atomic mass is 9.91. The third-order valence-electron chi connectivity index (χ3n) is 4.52. The van der Waals surface area contributed by atoms with E-state index < -0.39 is 5.60 Å². The molecule has 0 atom stereocenters. The highest BCUT2D eigenvalue weighted by molar-refractivity contribution is 9.10. The first-order chi connectivity index (χ1) is 12.3. The maximum Gasteiger partial charge on any atom is 0.410 e. The van der Waals surface area contributed by atoms with Crippen LogP contribution in [0.25, 0.3) is 0 Å². The minimum absolute atomic E-state index is 0.176. The monoisotopic (exact) mass is 426 g/mol. The molecule has 0 N–H and O–H groups in total. The molecule has 144 valence electrons. The highest BCUT2D eigenvalue weighted by atomic mass is 79.9. The molecule has 1 aliphatic heterocycles. The van der Waals surface area contributed by atoms with Crippen molar-refractivity contribution >= 4 is 22.0 Å². The lowest BCUT2D eigenvalue weighted by Gasteiger charge is -2.39. The molecule has 26 heavy (non-hydrogen) atoms. The molecule has 2 heterocycles. The van der Waals surface area contributed by atoms with Gasteiger partial charge in [0.05, 0.1) is 12.2 Å². The number of piperidine rings is 1. The minimum atomic E-state index is -0.449. The Morgan fingerprint density at radius 1 is 1.15 bits per heavy atom. The predicted octanol–water partition coefficient (Wildman–Crippen LogP) is 4.17. The molecule has 0 unspecified atom stereocenters. The second kappa shape index (κ2) is 8.13. The fourth-order valence-electron chi connectivity index (χ4n) is 3.10. The first-order valence-electron chi connectivity index (χ1n) is 9.20. The van der Waals surface area contributed by atoms with E-state index in [1.165, 1.54) is 0 Å². The number of aromatic nitrogens is 1. The molecule has 1 amide bonds. The molecule has 1 aromatic heterocycles. The third kappa shape index (κ3) is 5.58. The normalized spacial score (nSPS) is 24.1. The van der Waals surface area contributed by atoms with E-state index in [0.717, 1.165) is 30.2 Å². The zero-order chi connectivity index (χ0) is 18.7. The summed E-state index contributed by atoms with van der Waals surface area (Å²) in [6.45, 7) is 7.04. The maximum absolute atomic E-state index is 12.1. The maximum atomic E-state index is 12.1. The Balaban J connectivity index is 1.33. The number of nitrogens with zero attached hydrogens (tertiary/aromatic N) is 2. The van der Waals surface area contributed by atoms with Crippen molar-refractivity contribution < 1.29 is 19.0 Å². The molecule has 6 nitrogen and oxygen atoms in total. The van der Waals surface area contributed by atoms with Gasteiger partial charge in [-0.15, -0.1) is 0 Å². The number of ether oxygens (including phenoxy) is 3. The van der Waals surface area contributed by atoms with Gasteiger partial charge in [0.25, 0.3) is 0 Å². The molecule has 2 aliphatic rings. The van der Waals surface area contributed by atoms with Crippen molar-refractivity contribution in [2.45, 2.75) is 70.4 Å². The number of likely N-dealkylation sites (tertiary alicyclic amines) is 1. The summed E-state index contributed by atoms with van der Waals surface area (Å²) < 4.78 is 18.4. The summed E-state index contributed by atoms with van der Waals surface area (Å²) in [6.07, 6.45) is 5.64. The molecule has 3 rings (SSSR count). The van der Waals surface area contributed by atoms with Crippen LogP contribution in [0.3, 0.4) is 0 Å². The molecule has 0 radical (unpaired) electrons. The second-order valence-corrected chi connectivity index (χ2v) is 8.87. The van der Waals surface area contributed by atoms with Crippen LogP contribution in [0, 0.1) is 0 Å². The van der Waals surface area contributed by atoms with Gasteiger partial charge in [-0.25, -0.2) is 9.78 Å². The van der Waals surface area contributed by atoms with Crippen LogP contribution in [0.5, 0.6) is 5.88 Å². The van der Waals surface area contributed by atoms with E-state index in [1.54, 1.807) is 11.1 Å². The third-order valence-corrected chi connectivity index (χ3v) is 4.99. The number of carbonyl (C=O) groups excluding carboxylic acids is 1. The Hall–Kier alpha value is -1.34. The summed E-state index contributed by atoms with van der Waals surface area (Å²) in [7, 11) is 0. The number of pyridine rings is 1. The second-order valence-electron chi connectivity index (χ2n) is 7.95. The summed E-state index contributed by atoms with van der Waals surface area (Å²) in [4.78, 5) is 18.1. The summed E-state index contributed by atoms with van der Waals surface area (Å²) >= 11 is 3.36. The Morgan fingerprint density at radius 2 is 1.85 bits per heavy atom.